The van der Waals surface area contributed by atoms with Crippen LogP contribution < -0.4 is 15.8 Å². The van der Waals surface area contributed by atoms with Gasteiger partial charge in [-0.1, -0.05) is 0 Å². The normalized spacial score (nSPS) is 16.8. The molecule has 0 atom stereocenters. The highest BCUT2D eigenvalue weighted by Crippen LogP contribution is 2.26. The Morgan fingerprint density at radius 2 is 2.18 bits per heavy atom. The Morgan fingerprint density at radius 1 is 1.41 bits per heavy atom. The van der Waals surface area contributed by atoms with Crippen LogP contribution in [-0.4, -0.2) is 25.2 Å². The second kappa shape index (κ2) is 6.05. The molecule has 0 unspecified atom stereocenters. The number of methoxy groups -OCH3 is 1. The van der Waals surface area contributed by atoms with E-state index in [4.69, 9.17) is 10.5 Å². The minimum Gasteiger partial charge on any atom is -0.497 e. The molecular formula is C13H20N2OS. The summed E-state index contributed by atoms with van der Waals surface area (Å²) in [6.45, 7) is 1.02. The first-order valence-electron chi connectivity index (χ1n) is 6.04. The smallest absolute Gasteiger partial charge is 0.121 e. The van der Waals surface area contributed by atoms with Crippen molar-refractivity contribution in [3.63, 3.8) is 0 Å². The van der Waals surface area contributed by atoms with Crippen LogP contribution in [0.15, 0.2) is 18.2 Å². The first-order chi connectivity index (χ1) is 8.29. The van der Waals surface area contributed by atoms with Crippen LogP contribution in [0.4, 0.5) is 11.4 Å². The quantitative estimate of drug-likeness (QED) is 0.809. The summed E-state index contributed by atoms with van der Waals surface area (Å²) in [5, 5.41) is 3.44. The van der Waals surface area contributed by atoms with Gasteiger partial charge in [0.05, 0.1) is 18.5 Å². The second-order valence-corrected chi connectivity index (χ2v) is 5.61. The highest BCUT2D eigenvalue weighted by atomic mass is 32.2. The molecule has 1 aliphatic rings. The third-order valence-electron chi connectivity index (χ3n) is 3.18. The monoisotopic (exact) mass is 252 g/mol. The Labute approximate surface area is 107 Å². The van der Waals surface area contributed by atoms with Gasteiger partial charge in [-0.3, -0.25) is 0 Å². The molecule has 1 saturated heterocycles. The molecule has 0 amide bonds. The van der Waals surface area contributed by atoms with Gasteiger partial charge >= 0.3 is 0 Å². The molecule has 3 nitrogen and oxygen atoms in total. The number of nitrogens with two attached hydrogens (primary N) is 1. The minimum atomic E-state index is 0.759. The number of thioether (sulfide) groups is 1. The molecule has 1 aliphatic heterocycles. The lowest BCUT2D eigenvalue weighted by Gasteiger charge is -2.22. The maximum atomic E-state index is 5.97. The van der Waals surface area contributed by atoms with Gasteiger partial charge in [-0.2, -0.15) is 11.8 Å². The second-order valence-electron chi connectivity index (χ2n) is 4.39. The Balaban J connectivity index is 1.89. The largest absolute Gasteiger partial charge is 0.497 e. The highest BCUT2D eigenvalue weighted by molar-refractivity contribution is 7.99. The van der Waals surface area contributed by atoms with Gasteiger partial charge in [0.2, 0.25) is 0 Å². The van der Waals surface area contributed by atoms with E-state index in [-0.39, 0.29) is 0 Å². The van der Waals surface area contributed by atoms with Crippen LogP contribution >= 0.6 is 11.8 Å². The summed E-state index contributed by atoms with van der Waals surface area (Å²) >= 11 is 2.06. The van der Waals surface area contributed by atoms with Gasteiger partial charge in [0.25, 0.3) is 0 Å². The molecule has 2 rings (SSSR count). The standard InChI is InChI=1S/C13H20N2OS/c1-16-11-2-3-13(12(14)8-11)15-9-10-4-6-17-7-5-10/h2-3,8,10,15H,4-7,9,14H2,1H3. The van der Waals surface area contributed by atoms with Crippen LogP contribution in [0.25, 0.3) is 0 Å². The van der Waals surface area contributed by atoms with E-state index in [1.165, 1.54) is 24.3 Å². The average Bonchev–Trinajstić information content (AvgIpc) is 2.38. The van der Waals surface area contributed by atoms with Crippen molar-refractivity contribution in [1.82, 2.24) is 0 Å². The summed E-state index contributed by atoms with van der Waals surface area (Å²) in [6.07, 6.45) is 2.63. The van der Waals surface area contributed by atoms with E-state index in [9.17, 15) is 0 Å². The first kappa shape index (κ1) is 12.4. The van der Waals surface area contributed by atoms with E-state index in [1.807, 2.05) is 18.2 Å². The summed E-state index contributed by atoms with van der Waals surface area (Å²) in [7, 11) is 1.65. The Bertz CT molecular complexity index is 364. The summed E-state index contributed by atoms with van der Waals surface area (Å²) < 4.78 is 5.13. The maximum Gasteiger partial charge on any atom is 0.121 e. The van der Waals surface area contributed by atoms with Gasteiger partial charge < -0.3 is 15.8 Å². The van der Waals surface area contributed by atoms with Crippen molar-refractivity contribution in [3.05, 3.63) is 18.2 Å². The fourth-order valence-corrected chi connectivity index (χ4v) is 3.24. The molecule has 0 radical (unpaired) electrons. The number of rotatable bonds is 4. The van der Waals surface area contributed by atoms with Crippen molar-refractivity contribution in [1.29, 1.82) is 0 Å². The zero-order chi connectivity index (χ0) is 12.1. The molecule has 4 heteroatoms. The van der Waals surface area contributed by atoms with Crippen molar-refractivity contribution in [2.24, 2.45) is 5.92 Å². The minimum absolute atomic E-state index is 0.759. The van der Waals surface area contributed by atoms with Gasteiger partial charge in [0.1, 0.15) is 5.75 Å². The fraction of sp³-hybridized carbons (Fsp3) is 0.538. The van der Waals surface area contributed by atoms with Crippen molar-refractivity contribution >= 4 is 23.1 Å². The van der Waals surface area contributed by atoms with Gasteiger partial charge in [0.15, 0.2) is 0 Å². The van der Waals surface area contributed by atoms with Gasteiger partial charge in [-0.05, 0) is 42.4 Å². The molecular weight excluding hydrogens is 232 g/mol. The van der Waals surface area contributed by atoms with Gasteiger partial charge in [-0.15, -0.1) is 0 Å². The lowest BCUT2D eigenvalue weighted by Crippen LogP contribution is -2.19. The van der Waals surface area contributed by atoms with Crippen LogP contribution in [0.1, 0.15) is 12.8 Å². The molecule has 1 heterocycles. The SMILES string of the molecule is COc1ccc(NCC2CCSCC2)c(N)c1. The number of anilines is 2. The predicted molar refractivity (Wildman–Crippen MR) is 75.9 cm³/mol. The van der Waals surface area contributed by atoms with Crippen molar-refractivity contribution < 1.29 is 4.74 Å². The number of nitrogen functional groups attached to an aromatic ring is 1. The summed E-state index contributed by atoms with van der Waals surface area (Å²) in [5.41, 5.74) is 7.74. The summed E-state index contributed by atoms with van der Waals surface area (Å²) in [4.78, 5) is 0. The maximum absolute atomic E-state index is 5.97. The molecule has 1 aromatic carbocycles. The molecule has 3 N–H and O–H groups in total. The molecule has 0 bridgehead atoms. The number of ether oxygens (including phenoxy) is 1. The van der Waals surface area contributed by atoms with E-state index in [1.54, 1.807) is 7.11 Å². The third-order valence-corrected chi connectivity index (χ3v) is 4.23. The molecule has 0 aliphatic carbocycles. The van der Waals surface area contributed by atoms with Crippen LogP contribution in [0.2, 0.25) is 0 Å². The van der Waals surface area contributed by atoms with Crippen LogP contribution in [-0.2, 0) is 0 Å². The molecule has 0 spiro atoms. The van der Waals surface area contributed by atoms with Crippen LogP contribution in [0.3, 0.4) is 0 Å². The topological polar surface area (TPSA) is 47.3 Å². The van der Waals surface area contributed by atoms with Crippen LogP contribution in [0, 0.1) is 5.92 Å². The Hall–Kier alpha value is -1.03. The molecule has 0 aromatic heterocycles. The highest BCUT2D eigenvalue weighted by Gasteiger charge is 2.13. The number of hydrogen-bond donors (Lipinski definition) is 2. The summed E-state index contributed by atoms with van der Waals surface area (Å²) in [5.74, 6) is 4.19. The van der Waals surface area contributed by atoms with E-state index in [0.29, 0.717) is 0 Å². The fourth-order valence-electron chi connectivity index (χ4n) is 2.03. The predicted octanol–water partition coefficient (Wildman–Crippen LogP) is 2.83. The average molecular weight is 252 g/mol. The van der Waals surface area contributed by atoms with E-state index >= 15 is 0 Å². The van der Waals surface area contributed by atoms with Crippen molar-refractivity contribution in [2.75, 3.05) is 36.2 Å². The summed E-state index contributed by atoms with van der Waals surface area (Å²) in [6, 6.07) is 5.79. The first-order valence-corrected chi connectivity index (χ1v) is 7.20. The number of benzene rings is 1. The van der Waals surface area contributed by atoms with E-state index in [0.717, 1.165) is 29.6 Å². The number of nitrogens with one attached hydrogen (secondary N) is 1. The number of hydrogen-bond acceptors (Lipinski definition) is 4. The third kappa shape index (κ3) is 3.46. The molecule has 17 heavy (non-hydrogen) atoms. The lowest BCUT2D eigenvalue weighted by molar-refractivity contribution is 0.415. The Kier molecular flexibility index (Phi) is 4.42. The van der Waals surface area contributed by atoms with Crippen molar-refractivity contribution in [3.8, 4) is 5.75 Å². The van der Waals surface area contributed by atoms with Gasteiger partial charge in [0, 0.05) is 12.6 Å². The molecule has 1 fully saturated rings. The zero-order valence-corrected chi connectivity index (χ0v) is 11.1. The van der Waals surface area contributed by atoms with E-state index < -0.39 is 0 Å². The van der Waals surface area contributed by atoms with Gasteiger partial charge in [-0.25, -0.2) is 0 Å². The molecule has 1 aromatic rings. The Morgan fingerprint density at radius 3 is 2.82 bits per heavy atom. The van der Waals surface area contributed by atoms with Crippen molar-refractivity contribution in [2.45, 2.75) is 12.8 Å². The molecule has 0 saturated carbocycles. The zero-order valence-electron chi connectivity index (χ0n) is 10.2. The van der Waals surface area contributed by atoms with Crippen LogP contribution in [0.5, 0.6) is 5.75 Å². The lowest BCUT2D eigenvalue weighted by atomic mass is 10.0. The van der Waals surface area contributed by atoms with E-state index in [2.05, 4.69) is 17.1 Å². The molecule has 94 valence electrons.